The Morgan fingerprint density at radius 2 is 1.95 bits per heavy atom. The van der Waals surface area contributed by atoms with Crippen LogP contribution in [0.15, 0.2) is 51.6 Å². The Morgan fingerprint density at radius 1 is 1.20 bits per heavy atom. The van der Waals surface area contributed by atoms with E-state index in [0.29, 0.717) is 6.54 Å². The predicted molar refractivity (Wildman–Crippen MR) is 82.6 cm³/mol. The molecule has 0 aliphatic rings. The molecular formula is C16H15BrN2O. The first-order valence-electron chi connectivity index (χ1n) is 6.47. The lowest BCUT2D eigenvalue weighted by atomic mass is 10.1. The monoisotopic (exact) mass is 330 g/mol. The molecule has 0 bridgehead atoms. The van der Waals surface area contributed by atoms with Crippen LogP contribution in [0.3, 0.4) is 0 Å². The van der Waals surface area contributed by atoms with Gasteiger partial charge in [0.05, 0.1) is 17.2 Å². The lowest BCUT2D eigenvalue weighted by molar-refractivity contribution is 0.542. The Morgan fingerprint density at radius 3 is 2.60 bits per heavy atom. The van der Waals surface area contributed by atoms with E-state index >= 15 is 0 Å². The normalized spacial score (nSPS) is 10.9. The van der Waals surface area contributed by atoms with Gasteiger partial charge in [-0.15, -0.1) is 0 Å². The summed E-state index contributed by atoms with van der Waals surface area (Å²) in [6, 6.07) is 10.2. The van der Waals surface area contributed by atoms with Crippen LogP contribution in [-0.2, 0) is 6.54 Å². The van der Waals surface area contributed by atoms with E-state index < -0.39 is 0 Å². The van der Waals surface area contributed by atoms with Gasteiger partial charge in [-0.3, -0.25) is 4.68 Å². The average Bonchev–Trinajstić information content (AvgIpc) is 2.98. The van der Waals surface area contributed by atoms with E-state index in [2.05, 4.69) is 40.1 Å². The van der Waals surface area contributed by atoms with Crippen LogP contribution in [-0.4, -0.2) is 9.78 Å². The Labute approximate surface area is 126 Å². The fourth-order valence-electron chi connectivity index (χ4n) is 2.27. The SMILES string of the molecule is Cc1oc(-c2ccccc2)c(Cn2cc(Br)cn2)c1C. The molecule has 0 atom stereocenters. The van der Waals surface area contributed by atoms with Gasteiger partial charge in [0.15, 0.2) is 0 Å². The summed E-state index contributed by atoms with van der Waals surface area (Å²) in [7, 11) is 0. The summed E-state index contributed by atoms with van der Waals surface area (Å²) in [5.41, 5.74) is 3.48. The number of nitrogens with zero attached hydrogens (tertiary/aromatic N) is 2. The average molecular weight is 331 g/mol. The predicted octanol–water partition coefficient (Wildman–Crippen LogP) is 4.57. The van der Waals surface area contributed by atoms with Crippen molar-refractivity contribution >= 4 is 15.9 Å². The first kappa shape index (κ1) is 13.2. The van der Waals surface area contributed by atoms with Crippen molar-refractivity contribution in [3.05, 3.63) is 64.1 Å². The number of rotatable bonds is 3. The zero-order chi connectivity index (χ0) is 14.1. The van der Waals surface area contributed by atoms with Crippen molar-refractivity contribution in [3.63, 3.8) is 0 Å². The second-order valence-electron chi connectivity index (χ2n) is 4.81. The van der Waals surface area contributed by atoms with E-state index in [1.165, 1.54) is 11.1 Å². The number of halogens is 1. The lowest BCUT2D eigenvalue weighted by Crippen LogP contribution is -2.01. The topological polar surface area (TPSA) is 31.0 Å². The quantitative estimate of drug-likeness (QED) is 0.704. The van der Waals surface area contributed by atoms with E-state index in [9.17, 15) is 0 Å². The molecule has 102 valence electrons. The number of hydrogen-bond donors (Lipinski definition) is 0. The van der Waals surface area contributed by atoms with E-state index in [4.69, 9.17) is 4.42 Å². The minimum Gasteiger partial charge on any atom is -0.461 e. The molecule has 0 aliphatic heterocycles. The molecule has 0 amide bonds. The first-order valence-corrected chi connectivity index (χ1v) is 7.26. The molecule has 3 nitrogen and oxygen atoms in total. The third kappa shape index (κ3) is 2.43. The summed E-state index contributed by atoms with van der Waals surface area (Å²) in [5.74, 6) is 1.90. The Kier molecular flexibility index (Phi) is 3.49. The molecule has 3 aromatic rings. The number of benzene rings is 1. The zero-order valence-corrected chi connectivity index (χ0v) is 13.0. The number of furan rings is 1. The van der Waals surface area contributed by atoms with Crippen LogP contribution in [0.25, 0.3) is 11.3 Å². The van der Waals surface area contributed by atoms with E-state index in [0.717, 1.165) is 21.6 Å². The van der Waals surface area contributed by atoms with Gasteiger partial charge in [-0.2, -0.15) is 5.10 Å². The fourth-order valence-corrected chi connectivity index (χ4v) is 2.60. The van der Waals surface area contributed by atoms with Crippen LogP contribution in [0.2, 0.25) is 0 Å². The highest BCUT2D eigenvalue weighted by Crippen LogP contribution is 2.31. The van der Waals surface area contributed by atoms with Gasteiger partial charge >= 0.3 is 0 Å². The minimum atomic E-state index is 0.707. The molecule has 0 N–H and O–H groups in total. The maximum atomic E-state index is 5.96. The van der Waals surface area contributed by atoms with Crippen LogP contribution in [0, 0.1) is 13.8 Å². The molecule has 0 radical (unpaired) electrons. The Hall–Kier alpha value is -1.81. The van der Waals surface area contributed by atoms with Crippen LogP contribution in [0.4, 0.5) is 0 Å². The largest absolute Gasteiger partial charge is 0.461 e. The molecule has 0 saturated heterocycles. The number of aryl methyl sites for hydroxylation is 1. The van der Waals surface area contributed by atoms with E-state index in [-0.39, 0.29) is 0 Å². The van der Waals surface area contributed by atoms with Crippen LogP contribution in [0.1, 0.15) is 16.9 Å². The van der Waals surface area contributed by atoms with E-state index in [1.807, 2.05) is 36.0 Å². The standard InChI is InChI=1S/C16H15BrN2O/c1-11-12(2)20-16(13-6-4-3-5-7-13)15(11)10-19-9-14(17)8-18-19/h3-9H,10H2,1-2H3. The van der Waals surface area contributed by atoms with Crippen molar-refractivity contribution in [3.8, 4) is 11.3 Å². The third-order valence-electron chi connectivity index (χ3n) is 3.47. The van der Waals surface area contributed by atoms with Crippen molar-refractivity contribution in [2.24, 2.45) is 0 Å². The molecule has 2 heterocycles. The molecule has 3 rings (SSSR count). The Bertz CT molecular complexity index is 728. The summed E-state index contributed by atoms with van der Waals surface area (Å²) in [5, 5.41) is 4.32. The smallest absolute Gasteiger partial charge is 0.139 e. The molecule has 1 aromatic carbocycles. The second-order valence-corrected chi connectivity index (χ2v) is 5.73. The van der Waals surface area contributed by atoms with Crippen molar-refractivity contribution < 1.29 is 4.42 Å². The molecular weight excluding hydrogens is 316 g/mol. The summed E-state index contributed by atoms with van der Waals surface area (Å²) < 4.78 is 8.85. The van der Waals surface area contributed by atoms with Gasteiger partial charge in [-0.05, 0) is 35.3 Å². The molecule has 0 unspecified atom stereocenters. The van der Waals surface area contributed by atoms with Crippen molar-refractivity contribution in [2.75, 3.05) is 0 Å². The molecule has 4 heteroatoms. The first-order chi connectivity index (χ1) is 9.65. The summed E-state index contributed by atoms with van der Waals surface area (Å²) >= 11 is 3.43. The van der Waals surface area contributed by atoms with Gasteiger partial charge < -0.3 is 4.42 Å². The molecule has 0 spiro atoms. The molecule has 20 heavy (non-hydrogen) atoms. The summed E-state index contributed by atoms with van der Waals surface area (Å²) in [4.78, 5) is 0. The summed E-state index contributed by atoms with van der Waals surface area (Å²) in [6.45, 7) is 4.81. The fraction of sp³-hybridized carbons (Fsp3) is 0.188. The maximum absolute atomic E-state index is 5.96. The zero-order valence-electron chi connectivity index (χ0n) is 11.4. The highest BCUT2D eigenvalue weighted by molar-refractivity contribution is 9.10. The van der Waals surface area contributed by atoms with Gasteiger partial charge in [-0.1, -0.05) is 30.3 Å². The highest BCUT2D eigenvalue weighted by Gasteiger charge is 2.16. The third-order valence-corrected chi connectivity index (χ3v) is 3.88. The molecule has 0 fully saturated rings. The lowest BCUT2D eigenvalue weighted by Gasteiger charge is -2.04. The molecule has 0 saturated carbocycles. The number of hydrogen-bond acceptors (Lipinski definition) is 2. The van der Waals surface area contributed by atoms with E-state index in [1.54, 1.807) is 6.20 Å². The van der Waals surface area contributed by atoms with Crippen molar-refractivity contribution in [1.82, 2.24) is 9.78 Å². The second kappa shape index (κ2) is 5.29. The van der Waals surface area contributed by atoms with Gasteiger partial charge in [0.2, 0.25) is 0 Å². The van der Waals surface area contributed by atoms with Gasteiger partial charge in [0.1, 0.15) is 11.5 Å². The van der Waals surface area contributed by atoms with Gasteiger partial charge in [0.25, 0.3) is 0 Å². The van der Waals surface area contributed by atoms with Crippen molar-refractivity contribution in [1.29, 1.82) is 0 Å². The van der Waals surface area contributed by atoms with Crippen LogP contribution >= 0.6 is 15.9 Å². The van der Waals surface area contributed by atoms with Crippen molar-refractivity contribution in [2.45, 2.75) is 20.4 Å². The maximum Gasteiger partial charge on any atom is 0.139 e. The Balaban J connectivity index is 2.05. The van der Waals surface area contributed by atoms with Crippen LogP contribution in [0.5, 0.6) is 0 Å². The summed E-state index contributed by atoms with van der Waals surface area (Å²) in [6.07, 6.45) is 3.76. The van der Waals surface area contributed by atoms with Gasteiger partial charge in [0, 0.05) is 17.3 Å². The molecule has 0 aliphatic carbocycles. The van der Waals surface area contributed by atoms with Crippen LogP contribution < -0.4 is 0 Å². The minimum absolute atomic E-state index is 0.707. The number of aromatic nitrogens is 2. The highest BCUT2D eigenvalue weighted by atomic mass is 79.9. The van der Waals surface area contributed by atoms with Gasteiger partial charge in [-0.25, -0.2) is 0 Å². The molecule has 2 aromatic heterocycles.